The first kappa shape index (κ1) is 14.0. The van der Waals surface area contributed by atoms with Crippen LogP contribution in [-0.2, 0) is 6.54 Å². The monoisotopic (exact) mass is 299 g/mol. The third-order valence-corrected chi connectivity index (χ3v) is 3.16. The molecule has 0 unspecified atom stereocenters. The van der Waals surface area contributed by atoms with E-state index in [9.17, 15) is 9.18 Å². The van der Waals surface area contributed by atoms with E-state index < -0.39 is 11.8 Å². The summed E-state index contributed by atoms with van der Waals surface area (Å²) in [7, 11) is 0. The summed E-state index contributed by atoms with van der Waals surface area (Å²) in [5, 5.41) is 13.1. The number of fused-ring (bicyclic) bond motifs is 1. The predicted octanol–water partition coefficient (Wildman–Crippen LogP) is 2.50. The van der Waals surface area contributed by atoms with Crippen LogP contribution < -0.4 is 10.6 Å². The second-order valence-electron chi connectivity index (χ2n) is 4.84. The highest BCUT2D eigenvalue weighted by atomic mass is 19.1. The lowest BCUT2D eigenvalue weighted by Gasteiger charge is -2.08. The van der Waals surface area contributed by atoms with Crippen molar-refractivity contribution in [1.29, 1.82) is 0 Å². The highest BCUT2D eigenvalue weighted by Gasteiger charge is 2.09. The average molecular weight is 299 g/mol. The number of halogens is 1. The van der Waals surface area contributed by atoms with E-state index >= 15 is 0 Å². The van der Waals surface area contributed by atoms with Crippen LogP contribution in [0.25, 0.3) is 5.65 Å². The minimum absolute atomic E-state index is 0.142. The van der Waals surface area contributed by atoms with Crippen LogP contribution in [0.4, 0.5) is 14.9 Å². The van der Waals surface area contributed by atoms with Gasteiger partial charge in [-0.05, 0) is 36.8 Å². The summed E-state index contributed by atoms with van der Waals surface area (Å²) in [6.07, 6.45) is 1.81. The molecule has 0 saturated carbocycles. The zero-order valence-electron chi connectivity index (χ0n) is 11.9. The Bertz CT molecular complexity index is 830. The smallest absolute Gasteiger partial charge is 0.319 e. The molecule has 2 N–H and O–H groups in total. The Hall–Kier alpha value is -2.96. The minimum Gasteiger partial charge on any atom is -0.331 e. The molecule has 22 heavy (non-hydrogen) atoms. The van der Waals surface area contributed by atoms with E-state index in [1.54, 1.807) is 16.5 Å². The van der Waals surface area contributed by atoms with Gasteiger partial charge in [-0.15, -0.1) is 10.2 Å². The van der Waals surface area contributed by atoms with Gasteiger partial charge < -0.3 is 10.6 Å². The molecule has 0 bridgehead atoms. The topological polar surface area (TPSA) is 71.3 Å². The van der Waals surface area contributed by atoms with Crippen molar-refractivity contribution < 1.29 is 9.18 Å². The van der Waals surface area contributed by atoms with Crippen LogP contribution in [0.3, 0.4) is 0 Å². The van der Waals surface area contributed by atoms with Crippen LogP contribution in [0, 0.1) is 12.7 Å². The van der Waals surface area contributed by atoms with E-state index in [0.29, 0.717) is 11.5 Å². The van der Waals surface area contributed by atoms with E-state index in [4.69, 9.17) is 0 Å². The van der Waals surface area contributed by atoms with Crippen molar-refractivity contribution in [2.24, 2.45) is 0 Å². The number of carbonyl (C=O) groups excluding carboxylic acids is 1. The molecule has 112 valence electrons. The largest absolute Gasteiger partial charge is 0.331 e. The Morgan fingerprint density at radius 1 is 1.27 bits per heavy atom. The van der Waals surface area contributed by atoms with E-state index in [0.717, 1.165) is 5.56 Å². The number of hydrogen-bond acceptors (Lipinski definition) is 3. The van der Waals surface area contributed by atoms with Gasteiger partial charge in [0.15, 0.2) is 11.5 Å². The minimum atomic E-state index is -0.503. The van der Waals surface area contributed by atoms with Crippen LogP contribution in [0.5, 0.6) is 0 Å². The quantitative estimate of drug-likeness (QED) is 0.780. The molecule has 6 nitrogen and oxygen atoms in total. The highest BCUT2D eigenvalue weighted by Crippen LogP contribution is 2.15. The molecule has 7 heteroatoms. The Morgan fingerprint density at radius 2 is 2.14 bits per heavy atom. The summed E-state index contributed by atoms with van der Waals surface area (Å²) in [6, 6.07) is 9.55. The molecule has 0 aliphatic rings. The van der Waals surface area contributed by atoms with E-state index in [-0.39, 0.29) is 12.2 Å². The SMILES string of the molecule is Cc1ccc(F)c(NC(=O)NCc2nnc3ccccn23)c1. The Labute approximate surface area is 126 Å². The van der Waals surface area contributed by atoms with Crippen molar-refractivity contribution in [3.63, 3.8) is 0 Å². The summed E-state index contributed by atoms with van der Waals surface area (Å²) in [4.78, 5) is 11.9. The maximum Gasteiger partial charge on any atom is 0.319 e. The van der Waals surface area contributed by atoms with Crippen molar-refractivity contribution in [3.05, 3.63) is 59.8 Å². The van der Waals surface area contributed by atoms with Gasteiger partial charge in [-0.2, -0.15) is 0 Å². The lowest BCUT2D eigenvalue weighted by molar-refractivity contribution is 0.251. The Kier molecular flexibility index (Phi) is 3.69. The molecule has 3 aromatic rings. The maximum atomic E-state index is 13.6. The summed E-state index contributed by atoms with van der Waals surface area (Å²) < 4.78 is 15.4. The van der Waals surface area contributed by atoms with Gasteiger partial charge in [-0.25, -0.2) is 9.18 Å². The number of hydrogen-bond donors (Lipinski definition) is 2. The second-order valence-corrected chi connectivity index (χ2v) is 4.84. The molecule has 0 aliphatic carbocycles. The fourth-order valence-corrected chi connectivity index (χ4v) is 2.07. The zero-order chi connectivity index (χ0) is 15.5. The lowest BCUT2D eigenvalue weighted by Crippen LogP contribution is -2.29. The second kappa shape index (κ2) is 5.80. The molecule has 1 aromatic carbocycles. The number of anilines is 1. The van der Waals surface area contributed by atoms with Gasteiger partial charge in [-0.1, -0.05) is 12.1 Å². The predicted molar refractivity (Wildman–Crippen MR) is 80.0 cm³/mol. The molecule has 0 spiro atoms. The van der Waals surface area contributed by atoms with Crippen molar-refractivity contribution >= 4 is 17.4 Å². The molecule has 0 saturated heterocycles. The third kappa shape index (κ3) is 2.88. The molecule has 2 aromatic heterocycles. The molecule has 3 rings (SSSR count). The number of rotatable bonds is 3. The first-order valence-corrected chi connectivity index (χ1v) is 6.73. The summed E-state index contributed by atoms with van der Waals surface area (Å²) in [5.74, 6) is 0.115. The van der Waals surface area contributed by atoms with E-state index in [2.05, 4.69) is 20.8 Å². The number of amides is 2. The van der Waals surface area contributed by atoms with Gasteiger partial charge in [-0.3, -0.25) is 4.40 Å². The van der Waals surface area contributed by atoms with Gasteiger partial charge in [0.25, 0.3) is 0 Å². The summed E-state index contributed by atoms with van der Waals surface area (Å²) in [5.41, 5.74) is 1.70. The average Bonchev–Trinajstić information content (AvgIpc) is 2.92. The molecule has 2 amide bonds. The summed E-state index contributed by atoms with van der Waals surface area (Å²) in [6.45, 7) is 2.01. The van der Waals surface area contributed by atoms with Gasteiger partial charge in [0.2, 0.25) is 0 Å². The molecule has 0 fully saturated rings. The number of nitrogens with one attached hydrogen (secondary N) is 2. The van der Waals surface area contributed by atoms with Gasteiger partial charge in [0.05, 0.1) is 12.2 Å². The molecule has 2 heterocycles. The fourth-order valence-electron chi connectivity index (χ4n) is 2.07. The first-order valence-electron chi connectivity index (χ1n) is 6.73. The lowest BCUT2D eigenvalue weighted by atomic mass is 10.2. The number of nitrogens with zero attached hydrogens (tertiary/aromatic N) is 3. The van der Waals surface area contributed by atoms with Crippen LogP contribution in [0.15, 0.2) is 42.6 Å². The Morgan fingerprint density at radius 3 is 3.00 bits per heavy atom. The molecule has 0 radical (unpaired) electrons. The van der Waals surface area contributed by atoms with Crippen molar-refractivity contribution in [3.8, 4) is 0 Å². The number of aryl methyl sites for hydroxylation is 1. The van der Waals surface area contributed by atoms with Crippen LogP contribution in [0.2, 0.25) is 0 Å². The van der Waals surface area contributed by atoms with Gasteiger partial charge in [0.1, 0.15) is 5.82 Å². The molecular formula is C15H14FN5O. The van der Waals surface area contributed by atoms with Crippen LogP contribution in [0.1, 0.15) is 11.4 Å². The van der Waals surface area contributed by atoms with Gasteiger partial charge in [0, 0.05) is 6.20 Å². The third-order valence-electron chi connectivity index (χ3n) is 3.16. The van der Waals surface area contributed by atoms with Gasteiger partial charge >= 0.3 is 6.03 Å². The Balaban J connectivity index is 1.66. The number of pyridine rings is 1. The van der Waals surface area contributed by atoms with E-state index in [1.807, 2.05) is 31.3 Å². The fraction of sp³-hybridized carbons (Fsp3) is 0.133. The van der Waals surface area contributed by atoms with Crippen molar-refractivity contribution in [2.75, 3.05) is 5.32 Å². The zero-order valence-corrected chi connectivity index (χ0v) is 11.9. The molecule has 0 aliphatic heterocycles. The number of urea groups is 1. The summed E-state index contributed by atoms with van der Waals surface area (Å²) >= 11 is 0. The standard InChI is InChI=1S/C15H14FN5O/c1-10-5-6-11(16)12(8-10)18-15(22)17-9-14-20-19-13-4-2-3-7-21(13)14/h2-8H,9H2,1H3,(H2,17,18,22). The number of benzene rings is 1. The van der Waals surface area contributed by atoms with E-state index in [1.165, 1.54) is 6.07 Å². The highest BCUT2D eigenvalue weighted by molar-refractivity contribution is 5.89. The van der Waals surface area contributed by atoms with Crippen molar-refractivity contribution in [2.45, 2.75) is 13.5 Å². The molecular weight excluding hydrogens is 285 g/mol. The maximum absolute atomic E-state index is 13.6. The molecule has 0 atom stereocenters. The van der Waals surface area contributed by atoms with Crippen molar-refractivity contribution in [1.82, 2.24) is 19.9 Å². The number of carbonyl (C=O) groups is 1. The normalized spacial score (nSPS) is 10.6. The van der Waals surface area contributed by atoms with Crippen LogP contribution >= 0.6 is 0 Å². The van der Waals surface area contributed by atoms with Crippen LogP contribution in [-0.4, -0.2) is 20.6 Å². The number of aromatic nitrogens is 3. The first-order chi connectivity index (χ1) is 10.6.